The number of ether oxygens (including phenoxy) is 2. The summed E-state index contributed by atoms with van der Waals surface area (Å²) in [6, 6.07) is 0. The van der Waals surface area contributed by atoms with Gasteiger partial charge in [-0.15, -0.1) is 0 Å². The third kappa shape index (κ3) is 21.5. The van der Waals surface area contributed by atoms with Gasteiger partial charge in [-0.05, 0) is 18.8 Å². The van der Waals surface area contributed by atoms with Crippen molar-refractivity contribution in [3.63, 3.8) is 0 Å². The number of hydrogen-bond acceptors (Lipinski definition) is 2. The van der Waals surface area contributed by atoms with E-state index in [0.717, 1.165) is 25.7 Å². The predicted octanol–water partition coefficient (Wildman–Crippen LogP) is 9.64. The molecule has 0 aromatic heterocycles. The van der Waals surface area contributed by atoms with Crippen LogP contribution in [0.2, 0.25) is 0 Å². The topological polar surface area (TPSA) is 21.8 Å². The van der Waals surface area contributed by atoms with Gasteiger partial charge in [0, 0.05) is 6.61 Å². The Morgan fingerprint density at radius 3 is 1.29 bits per heavy atom. The van der Waals surface area contributed by atoms with Gasteiger partial charge in [0.25, 0.3) is 0 Å². The van der Waals surface area contributed by atoms with Gasteiger partial charge in [0.15, 0.2) is 0 Å². The van der Waals surface area contributed by atoms with Crippen molar-refractivity contribution in [2.75, 3.05) is 19.8 Å². The van der Waals surface area contributed by atoms with E-state index in [1.165, 1.54) is 141 Å². The summed E-state index contributed by atoms with van der Waals surface area (Å²) in [6.07, 6.45) is 31.8. The molecule has 0 N–H and O–H groups in total. The van der Waals surface area contributed by atoms with Crippen LogP contribution in [0.4, 0.5) is 0 Å². The molecule has 1 saturated heterocycles. The van der Waals surface area contributed by atoms with Crippen molar-refractivity contribution in [1.82, 2.24) is 0 Å². The monoisotopic (exact) mass is 438 g/mol. The van der Waals surface area contributed by atoms with Gasteiger partial charge in [-0.2, -0.15) is 0 Å². The zero-order valence-electron chi connectivity index (χ0n) is 21.6. The number of hydrogen-bond donors (Lipinski definition) is 0. The van der Waals surface area contributed by atoms with Gasteiger partial charge >= 0.3 is 0 Å². The third-order valence-corrected chi connectivity index (χ3v) is 6.99. The maximum Gasteiger partial charge on any atom is 0.104 e. The Hall–Kier alpha value is -0.0800. The minimum Gasteiger partial charge on any atom is -0.378 e. The van der Waals surface area contributed by atoms with Crippen LogP contribution in [0.1, 0.15) is 155 Å². The van der Waals surface area contributed by atoms with Crippen molar-refractivity contribution in [2.24, 2.45) is 5.92 Å². The first kappa shape index (κ1) is 29.0. The van der Waals surface area contributed by atoms with Crippen molar-refractivity contribution in [1.29, 1.82) is 0 Å². The molecule has 1 rings (SSSR count). The minimum absolute atomic E-state index is 0.412. The highest BCUT2D eigenvalue weighted by Gasteiger charge is 2.22. The highest BCUT2D eigenvalue weighted by Crippen LogP contribution is 2.21. The second-order valence-electron chi connectivity index (χ2n) is 10.3. The van der Waals surface area contributed by atoms with Crippen molar-refractivity contribution < 1.29 is 9.47 Å². The van der Waals surface area contributed by atoms with E-state index in [1.54, 1.807) is 0 Å². The van der Waals surface area contributed by atoms with Crippen LogP contribution in [-0.4, -0.2) is 25.9 Å². The van der Waals surface area contributed by atoms with Crippen LogP contribution < -0.4 is 0 Å². The van der Waals surface area contributed by atoms with Crippen molar-refractivity contribution in [2.45, 2.75) is 161 Å². The van der Waals surface area contributed by atoms with Crippen LogP contribution in [0.5, 0.6) is 0 Å². The Labute approximate surface area is 196 Å². The van der Waals surface area contributed by atoms with Gasteiger partial charge in [-0.3, -0.25) is 0 Å². The molecule has 0 amide bonds. The molecule has 0 saturated carbocycles. The Kier molecular flexibility index (Phi) is 21.6. The molecule has 1 heterocycles. The molecule has 1 fully saturated rings. The lowest BCUT2D eigenvalue weighted by atomic mass is 9.94. The fraction of sp³-hybridized carbons (Fsp3) is 1.00. The lowest BCUT2D eigenvalue weighted by Gasteiger charge is -2.17. The molecule has 186 valence electrons. The molecule has 31 heavy (non-hydrogen) atoms. The molecule has 1 aliphatic rings. The van der Waals surface area contributed by atoms with E-state index in [0.29, 0.717) is 6.10 Å². The van der Waals surface area contributed by atoms with E-state index in [2.05, 4.69) is 13.8 Å². The number of rotatable bonds is 26. The second kappa shape index (κ2) is 23.1. The summed E-state index contributed by atoms with van der Waals surface area (Å²) in [4.78, 5) is 0. The molecular weight excluding hydrogens is 380 g/mol. The largest absolute Gasteiger partial charge is 0.378 e. The van der Waals surface area contributed by atoms with Gasteiger partial charge in [0.1, 0.15) is 6.10 Å². The first-order valence-electron chi connectivity index (χ1n) is 14.6. The molecule has 2 nitrogen and oxygen atoms in total. The van der Waals surface area contributed by atoms with Crippen molar-refractivity contribution >= 4 is 0 Å². The summed E-state index contributed by atoms with van der Waals surface area (Å²) in [5.41, 5.74) is 0. The maximum absolute atomic E-state index is 5.97. The van der Waals surface area contributed by atoms with Gasteiger partial charge in [-0.1, -0.05) is 142 Å². The summed E-state index contributed by atoms with van der Waals surface area (Å²) in [5, 5.41) is 0. The average Bonchev–Trinajstić information content (AvgIpc) is 3.60. The zero-order valence-corrected chi connectivity index (χ0v) is 21.6. The number of epoxide rings is 1. The molecular formula is C29H58O2. The second-order valence-corrected chi connectivity index (χ2v) is 10.3. The van der Waals surface area contributed by atoms with Crippen molar-refractivity contribution in [3.05, 3.63) is 0 Å². The normalized spacial score (nSPS) is 16.6. The van der Waals surface area contributed by atoms with E-state index in [9.17, 15) is 0 Å². The smallest absolute Gasteiger partial charge is 0.104 e. The van der Waals surface area contributed by atoms with E-state index in [-0.39, 0.29) is 0 Å². The average molecular weight is 439 g/mol. The molecule has 0 spiro atoms. The molecule has 2 unspecified atom stereocenters. The van der Waals surface area contributed by atoms with Crippen LogP contribution in [0.15, 0.2) is 0 Å². The molecule has 0 aromatic rings. The van der Waals surface area contributed by atoms with Crippen molar-refractivity contribution in [3.8, 4) is 0 Å². The number of unbranched alkanes of at least 4 members (excludes halogenated alkanes) is 18. The first-order valence-corrected chi connectivity index (χ1v) is 14.6. The van der Waals surface area contributed by atoms with Gasteiger partial charge in [-0.25, -0.2) is 0 Å². The minimum atomic E-state index is 0.412. The lowest BCUT2D eigenvalue weighted by Crippen LogP contribution is -2.13. The highest BCUT2D eigenvalue weighted by atomic mass is 16.6. The lowest BCUT2D eigenvalue weighted by molar-refractivity contribution is 0.0787. The Morgan fingerprint density at radius 1 is 0.581 bits per heavy atom. The van der Waals surface area contributed by atoms with Crippen LogP contribution in [-0.2, 0) is 9.47 Å². The molecule has 2 atom stereocenters. The predicted molar refractivity (Wildman–Crippen MR) is 137 cm³/mol. The fourth-order valence-electron chi connectivity index (χ4n) is 4.68. The standard InChI is InChI=1S/C29H58O2/c1-3-5-7-9-11-13-14-15-16-18-20-22-24-28(25-30-26-29-27-31-29)23-21-19-17-12-10-8-6-4-2/h28-29H,3-27H2,1-2H3. The van der Waals surface area contributed by atoms with E-state index in [1.807, 2.05) is 0 Å². The third-order valence-electron chi connectivity index (χ3n) is 6.99. The summed E-state index contributed by atoms with van der Waals surface area (Å²) in [6.45, 7) is 7.31. The Morgan fingerprint density at radius 2 is 0.935 bits per heavy atom. The van der Waals surface area contributed by atoms with E-state index >= 15 is 0 Å². The van der Waals surface area contributed by atoms with E-state index in [4.69, 9.17) is 9.47 Å². The summed E-state index contributed by atoms with van der Waals surface area (Å²) in [7, 11) is 0. The SMILES string of the molecule is CCCCCCCCCCCCCCC(CCCCCCCCCC)COCC1CO1. The molecule has 0 aliphatic carbocycles. The summed E-state index contributed by atoms with van der Waals surface area (Å²) < 4.78 is 11.3. The van der Waals surface area contributed by atoms with Gasteiger partial charge < -0.3 is 9.47 Å². The summed E-state index contributed by atoms with van der Waals surface area (Å²) in [5.74, 6) is 0.780. The van der Waals surface area contributed by atoms with Crippen LogP contribution in [0, 0.1) is 5.92 Å². The van der Waals surface area contributed by atoms with Gasteiger partial charge in [0.05, 0.1) is 13.2 Å². The van der Waals surface area contributed by atoms with Crippen LogP contribution >= 0.6 is 0 Å². The van der Waals surface area contributed by atoms with Gasteiger partial charge in [0.2, 0.25) is 0 Å². The first-order chi connectivity index (χ1) is 15.4. The Balaban J connectivity index is 1.95. The molecule has 0 aromatic carbocycles. The Bertz CT molecular complexity index is 340. The van der Waals surface area contributed by atoms with E-state index < -0.39 is 0 Å². The van der Waals surface area contributed by atoms with Crippen LogP contribution in [0.3, 0.4) is 0 Å². The maximum atomic E-state index is 5.97. The molecule has 0 radical (unpaired) electrons. The molecule has 2 heteroatoms. The zero-order chi connectivity index (χ0) is 22.2. The fourth-order valence-corrected chi connectivity index (χ4v) is 4.68. The quantitative estimate of drug-likeness (QED) is 0.0990. The van der Waals surface area contributed by atoms with Crippen LogP contribution in [0.25, 0.3) is 0 Å². The highest BCUT2D eigenvalue weighted by molar-refractivity contribution is 4.68. The molecule has 1 aliphatic heterocycles. The summed E-state index contributed by atoms with van der Waals surface area (Å²) >= 11 is 0. The molecule has 0 bridgehead atoms.